The third-order valence-corrected chi connectivity index (χ3v) is 4.47. The van der Waals surface area contributed by atoms with Crippen molar-refractivity contribution in [1.82, 2.24) is 10.2 Å². The van der Waals surface area contributed by atoms with E-state index in [-0.39, 0.29) is 0 Å². The molecule has 2 aliphatic heterocycles. The highest BCUT2D eigenvalue weighted by Crippen LogP contribution is 2.34. The molecule has 3 nitrogen and oxygen atoms in total. The molecule has 3 aliphatic rings. The van der Waals surface area contributed by atoms with Crippen LogP contribution in [0.5, 0.6) is 0 Å². The van der Waals surface area contributed by atoms with Crippen molar-refractivity contribution in [3.8, 4) is 0 Å². The van der Waals surface area contributed by atoms with Gasteiger partial charge in [-0.1, -0.05) is 6.42 Å². The fraction of sp³-hybridized carbons (Fsp3) is 0.917. The van der Waals surface area contributed by atoms with E-state index in [1.165, 1.54) is 19.3 Å². The van der Waals surface area contributed by atoms with Crippen LogP contribution in [0.3, 0.4) is 0 Å². The highest BCUT2D eigenvalue weighted by Gasteiger charge is 2.41. The van der Waals surface area contributed by atoms with Crippen LogP contribution in [0.25, 0.3) is 0 Å². The van der Waals surface area contributed by atoms with Crippen molar-refractivity contribution in [1.29, 1.82) is 0 Å². The van der Waals surface area contributed by atoms with Gasteiger partial charge < -0.3 is 10.2 Å². The molecular weight excluding hydrogens is 188 g/mol. The number of fused-ring (bicyclic) bond motifs is 1. The van der Waals surface area contributed by atoms with Crippen LogP contribution in [0.4, 0.5) is 0 Å². The molecular formula is C12H20N2O. The summed E-state index contributed by atoms with van der Waals surface area (Å²) in [5, 5.41) is 3.42. The van der Waals surface area contributed by atoms with Crippen LogP contribution in [0.15, 0.2) is 0 Å². The number of piperidine rings is 1. The number of nitrogens with one attached hydrogen (secondary N) is 1. The van der Waals surface area contributed by atoms with Gasteiger partial charge in [-0.2, -0.15) is 0 Å². The number of amides is 1. The van der Waals surface area contributed by atoms with E-state index in [2.05, 4.69) is 10.2 Å². The lowest BCUT2D eigenvalue weighted by Gasteiger charge is -2.36. The Bertz CT molecular complexity index is 262. The van der Waals surface area contributed by atoms with E-state index in [0.717, 1.165) is 38.4 Å². The summed E-state index contributed by atoms with van der Waals surface area (Å²) in [6.45, 7) is 3.20. The van der Waals surface area contributed by atoms with Crippen molar-refractivity contribution >= 4 is 5.91 Å². The molecule has 3 fully saturated rings. The molecule has 1 aliphatic carbocycles. The Kier molecular flexibility index (Phi) is 2.43. The van der Waals surface area contributed by atoms with Gasteiger partial charge in [0, 0.05) is 25.0 Å². The van der Waals surface area contributed by atoms with Crippen LogP contribution >= 0.6 is 0 Å². The average molecular weight is 208 g/mol. The molecule has 0 aromatic rings. The lowest BCUT2D eigenvalue weighted by Crippen LogP contribution is -2.50. The summed E-state index contributed by atoms with van der Waals surface area (Å²) in [7, 11) is 0. The topological polar surface area (TPSA) is 32.3 Å². The Morgan fingerprint density at radius 1 is 1.20 bits per heavy atom. The Balaban J connectivity index is 1.67. The summed E-state index contributed by atoms with van der Waals surface area (Å²) in [5.41, 5.74) is 0. The Morgan fingerprint density at radius 3 is 2.80 bits per heavy atom. The maximum atomic E-state index is 12.2. The van der Waals surface area contributed by atoms with E-state index in [1.54, 1.807) is 0 Å². The third-order valence-electron chi connectivity index (χ3n) is 4.47. The number of carbonyl (C=O) groups is 1. The maximum absolute atomic E-state index is 12.2. The van der Waals surface area contributed by atoms with Crippen molar-refractivity contribution in [2.75, 3.05) is 19.6 Å². The Morgan fingerprint density at radius 2 is 2.07 bits per heavy atom. The standard InChI is InChI=1S/C12H20N2O/c15-12(10-2-1-3-10)14-7-5-9-4-6-13-8-11(9)14/h9-11,13H,1-8H2/t9-,11-/m1/s1. The summed E-state index contributed by atoms with van der Waals surface area (Å²) in [6, 6.07) is 0.520. The first-order valence-electron chi connectivity index (χ1n) is 6.37. The monoisotopic (exact) mass is 208 g/mol. The van der Waals surface area contributed by atoms with Gasteiger partial charge in [0.15, 0.2) is 0 Å². The molecule has 0 spiro atoms. The second kappa shape index (κ2) is 3.78. The SMILES string of the molecule is O=C(C1CCC1)N1CC[C@H]2CCNC[C@H]21. The second-order valence-corrected chi connectivity index (χ2v) is 5.27. The largest absolute Gasteiger partial charge is 0.338 e. The van der Waals surface area contributed by atoms with E-state index in [9.17, 15) is 4.79 Å². The predicted molar refractivity (Wildman–Crippen MR) is 58.4 cm³/mol. The summed E-state index contributed by atoms with van der Waals surface area (Å²) in [5.74, 6) is 1.62. The summed E-state index contributed by atoms with van der Waals surface area (Å²) >= 11 is 0. The third kappa shape index (κ3) is 1.57. The predicted octanol–water partition coefficient (Wildman–Crippen LogP) is 0.997. The number of likely N-dealkylation sites (tertiary alicyclic amines) is 1. The molecule has 15 heavy (non-hydrogen) atoms. The van der Waals surface area contributed by atoms with E-state index in [0.29, 0.717) is 17.9 Å². The molecule has 3 heteroatoms. The fourth-order valence-electron chi connectivity index (χ4n) is 3.23. The van der Waals surface area contributed by atoms with E-state index in [4.69, 9.17) is 0 Å². The number of hydrogen-bond donors (Lipinski definition) is 1. The molecule has 0 aromatic heterocycles. The minimum atomic E-state index is 0.380. The van der Waals surface area contributed by atoms with Crippen molar-refractivity contribution < 1.29 is 4.79 Å². The van der Waals surface area contributed by atoms with Gasteiger partial charge in [0.2, 0.25) is 5.91 Å². The number of carbonyl (C=O) groups excluding carboxylic acids is 1. The van der Waals surface area contributed by atoms with Gasteiger partial charge in [0.25, 0.3) is 0 Å². The van der Waals surface area contributed by atoms with Gasteiger partial charge in [0.1, 0.15) is 0 Å². The van der Waals surface area contributed by atoms with Crippen LogP contribution < -0.4 is 5.32 Å². The molecule has 2 atom stereocenters. The first kappa shape index (κ1) is 9.64. The molecule has 1 saturated carbocycles. The van der Waals surface area contributed by atoms with Gasteiger partial charge in [-0.25, -0.2) is 0 Å². The highest BCUT2D eigenvalue weighted by atomic mass is 16.2. The molecule has 0 bridgehead atoms. The zero-order valence-electron chi connectivity index (χ0n) is 9.24. The van der Waals surface area contributed by atoms with Gasteiger partial charge in [-0.15, -0.1) is 0 Å². The van der Waals surface area contributed by atoms with Crippen LogP contribution in [0.2, 0.25) is 0 Å². The lowest BCUT2D eigenvalue weighted by atomic mass is 9.84. The smallest absolute Gasteiger partial charge is 0.225 e. The van der Waals surface area contributed by atoms with E-state index < -0.39 is 0 Å². The molecule has 2 heterocycles. The molecule has 0 unspecified atom stereocenters. The highest BCUT2D eigenvalue weighted by molar-refractivity contribution is 5.80. The second-order valence-electron chi connectivity index (χ2n) is 5.27. The fourth-order valence-corrected chi connectivity index (χ4v) is 3.23. The van der Waals surface area contributed by atoms with Gasteiger partial charge in [-0.05, 0) is 38.1 Å². The Hall–Kier alpha value is -0.570. The zero-order valence-corrected chi connectivity index (χ0v) is 9.24. The first-order chi connectivity index (χ1) is 7.36. The number of hydrogen-bond acceptors (Lipinski definition) is 2. The Labute approximate surface area is 91.2 Å². The summed E-state index contributed by atoms with van der Waals surface area (Å²) < 4.78 is 0. The van der Waals surface area contributed by atoms with Crippen molar-refractivity contribution in [3.63, 3.8) is 0 Å². The van der Waals surface area contributed by atoms with Gasteiger partial charge in [0.05, 0.1) is 0 Å². The summed E-state index contributed by atoms with van der Waals surface area (Å²) in [6.07, 6.45) is 6.04. The van der Waals surface area contributed by atoms with Crippen LogP contribution in [0, 0.1) is 11.8 Å². The van der Waals surface area contributed by atoms with Crippen LogP contribution in [-0.2, 0) is 4.79 Å². The quantitative estimate of drug-likeness (QED) is 0.697. The van der Waals surface area contributed by atoms with Crippen molar-refractivity contribution in [2.45, 2.75) is 38.1 Å². The van der Waals surface area contributed by atoms with E-state index >= 15 is 0 Å². The number of nitrogens with zero attached hydrogens (tertiary/aromatic N) is 1. The molecule has 0 aromatic carbocycles. The first-order valence-corrected chi connectivity index (χ1v) is 6.37. The molecule has 84 valence electrons. The average Bonchev–Trinajstić information content (AvgIpc) is 2.58. The lowest BCUT2D eigenvalue weighted by molar-refractivity contribution is -0.139. The zero-order chi connectivity index (χ0) is 10.3. The molecule has 1 amide bonds. The normalized spacial score (nSPS) is 36.1. The van der Waals surface area contributed by atoms with Gasteiger partial charge >= 0.3 is 0 Å². The molecule has 2 saturated heterocycles. The molecule has 0 radical (unpaired) electrons. The minimum Gasteiger partial charge on any atom is -0.338 e. The maximum Gasteiger partial charge on any atom is 0.225 e. The van der Waals surface area contributed by atoms with Crippen molar-refractivity contribution in [2.24, 2.45) is 11.8 Å². The van der Waals surface area contributed by atoms with Crippen LogP contribution in [-0.4, -0.2) is 36.5 Å². The number of rotatable bonds is 1. The molecule has 3 rings (SSSR count). The van der Waals surface area contributed by atoms with Crippen LogP contribution in [0.1, 0.15) is 32.1 Å². The van der Waals surface area contributed by atoms with Crippen molar-refractivity contribution in [3.05, 3.63) is 0 Å². The van der Waals surface area contributed by atoms with E-state index in [1.807, 2.05) is 0 Å². The molecule has 1 N–H and O–H groups in total. The summed E-state index contributed by atoms with van der Waals surface area (Å²) in [4.78, 5) is 14.4. The van der Waals surface area contributed by atoms with Gasteiger partial charge in [-0.3, -0.25) is 4.79 Å². The minimum absolute atomic E-state index is 0.380.